The number of rotatable bonds is 9. The molecular weight excluding hydrogens is 248 g/mol. The van der Waals surface area contributed by atoms with Crippen LogP contribution >= 0.6 is 0 Å². The lowest BCUT2D eigenvalue weighted by Gasteiger charge is -2.43. The predicted molar refractivity (Wildman–Crippen MR) is 85.9 cm³/mol. The van der Waals surface area contributed by atoms with Gasteiger partial charge in [0.25, 0.3) is 0 Å². The van der Waals surface area contributed by atoms with Crippen molar-refractivity contribution >= 4 is 0 Å². The van der Waals surface area contributed by atoms with Crippen molar-refractivity contribution < 1.29 is 0 Å². The summed E-state index contributed by atoms with van der Waals surface area (Å²) in [5, 5.41) is 8.16. The Morgan fingerprint density at radius 2 is 1.90 bits per heavy atom. The molecule has 0 aromatic carbocycles. The van der Waals surface area contributed by atoms with Gasteiger partial charge in [0.15, 0.2) is 0 Å². The zero-order chi connectivity index (χ0) is 15.2. The van der Waals surface area contributed by atoms with Crippen molar-refractivity contribution in [2.45, 2.75) is 66.1 Å². The molecule has 20 heavy (non-hydrogen) atoms. The standard InChI is InChI=1S/C16H32N4/c1-7-13-20-14(11-12-18-20)15(17-8-2)16(5,6)19(9-3)10-4/h11-12,15,17H,7-10,13H2,1-6H3. The fraction of sp³-hybridized carbons (Fsp3) is 0.812. The largest absolute Gasteiger partial charge is 0.307 e. The van der Waals surface area contributed by atoms with E-state index >= 15 is 0 Å². The summed E-state index contributed by atoms with van der Waals surface area (Å²) in [4.78, 5) is 2.52. The van der Waals surface area contributed by atoms with Crippen molar-refractivity contribution in [3.05, 3.63) is 18.0 Å². The van der Waals surface area contributed by atoms with Crippen LogP contribution in [0.25, 0.3) is 0 Å². The molecule has 0 aliphatic heterocycles. The lowest BCUT2D eigenvalue weighted by molar-refractivity contribution is 0.0880. The summed E-state index contributed by atoms with van der Waals surface area (Å²) >= 11 is 0. The Morgan fingerprint density at radius 3 is 2.40 bits per heavy atom. The molecule has 1 N–H and O–H groups in total. The summed E-state index contributed by atoms with van der Waals surface area (Å²) in [7, 11) is 0. The van der Waals surface area contributed by atoms with E-state index < -0.39 is 0 Å². The van der Waals surface area contributed by atoms with Gasteiger partial charge >= 0.3 is 0 Å². The van der Waals surface area contributed by atoms with Crippen LogP contribution in [-0.4, -0.2) is 39.9 Å². The van der Waals surface area contributed by atoms with Gasteiger partial charge in [0, 0.05) is 18.3 Å². The molecule has 4 heteroatoms. The zero-order valence-electron chi connectivity index (χ0n) is 14.1. The third-order valence-electron chi connectivity index (χ3n) is 4.17. The predicted octanol–water partition coefficient (Wildman–Crippen LogP) is 3.06. The Balaban J connectivity index is 3.12. The summed E-state index contributed by atoms with van der Waals surface area (Å²) in [5.74, 6) is 0. The average molecular weight is 280 g/mol. The highest BCUT2D eigenvalue weighted by Crippen LogP contribution is 2.31. The molecule has 1 aromatic rings. The van der Waals surface area contributed by atoms with E-state index in [1.165, 1.54) is 5.69 Å². The van der Waals surface area contributed by atoms with Gasteiger partial charge in [-0.1, -0.05) is 27.7 Å². The molecule has 0 aliphatic carbocycles. The molecule has 1 rings (SSSR count). The minimum absolute atomic E-state index is 0.0606. The molecule has 0 amide bonds. The fourth-order valence-corrected chi connectivity index (χ4v) is 3.13. The molecule has 116 valence electrons. The number of hydrogen-bond acceptors (Lipinski definition) is 3. The second-order valence-corrected chi connectivity index (χ2v) is 5.80. The summed E-state index contributed by atoms with van der Waals surface area (Å²) in [6.07, 6.45) is 3.03. The van der Waals surface area contributed by atoms with Crippen LogP contribution in [0.5, 0.6) is 0 Å². The van der Waals surface area contributed by atoms with Crippen LogP contribution in [-0.2, 0) is 6.54 Å². The second-order valence-electron chi connectivity index (χ2n) is 5.80. The normalized spacial score (nSPS) is 13.9. The minimum Gasteiger partial charge on any atom is -0.307 e. The van der Waals surface area contributed by atoms with E-state index in [0.29, 0.717) is 6.04 Å². The van der Waals surface area contributed by atoms with E-state index in [1.54, 1.807) is 0 Å². The highest BCUT2D eigenvalue weighted by atomic mass is 15.3. The van der Waals surface area contributed by atoms with Gasteiger partial charge in [0.05, 0.1) is 11.7 Å². The van der Waals surface area contributed by atoms with Gasteiger partial charge < -0.3 is 5.32 Å². The Labute approximate surface area is 124 Å². The third kappa shape index (κ3) is 3.61. The Bertz CT molecular complexity index is 380. The highest BCUT2D eigenvalue weighted by molar-refractivity contribution is 5.14. The van der Waals surface area contributed by atoms with Gasteiger partial charge in [-0.05, 0) is 46.0 Å². The topological polar surface area (TPSA) is 33.1 Å². The molecule has 4 nitrogen and oxygen atoms in total. The Kier molecular flexibility index (Phi) is 6.69. The molecule has 1 atom stereocenters. The summed E-state index contributed by atoms with van der Waals surface area (Å²) in [5.41, 5.74) is 1.36. The van der Waals surface area contributed by atoms with Gasteiger partial charge in [-0.25, -0.2) is 0 Å². The van der Waals surface area contributed by atoms with Gasteiger partial charge in [0.1, 0.15) is 0 Å². The van der Waals surface area contributed by atoms with Crippen LogP contribution in [0.15, 0.2) is 12.3 Å². The maximum atomic E-state index is 4.49. The van der Waals surface area contributed by atoms with Crippen LogP contribution in [0.3, 0.4) is 0 Å². The minimum atomic E-state index is 0.0606. The van der Waals surface area contributed by atoms with E-state index in [9.17, 15) is 0 Å². The number of likely N-dealkylation sites (N-methyl/N-ethyl adjacent to an activating group) is 2. The van der Waals surface area contributed by atoms with Crippen LogP contribution in [0.1, 0.15) is 59.7 Å². The molecule has 0 aliphatic rings. The Morgan fingerprint density at radius 1 is 1.25 bits per heavy atom. The number of aryl methyl sites for hydroxylation is 1. The maximum Gasteiger partial charge on any atom is 0.0673 e. The first-order valence-corrected chi connectivity index (χ1v) is 8.02. The van der Waals surface area contributed by atoms with E-state index in [-0.39, 0.29) is 5.54 Å². The maximum absolute atomic E-state index is 4.49. The van der Waals surface area contributed by atoms with Crippen LogP contribution in [0.4, 0.5) is 0 Å². The van der Waals surface area contributed by atoms with Gasteiger partial charge in [0.2, 0.25) is 0 Å². The first-order valence-electron chi connectivity index (χ1n) is 8.02. The number of nitrogens with zero attached hydrogens (tertiary/aromatic N) is 3. The van der Waals surface area contributed by atoms with E-state index in [0.717, 1.165) is 32.6 Å². The van der Waals surface area contributed by atoms with Crippen LogP contribution in [0, 0.1) is 0 Å². The Hall–Kier alpha value is -0.870. The van der Waals surface area contributed by atoms with E-state index in [2.05, 4.69) is 67.6 Å². The first kappa shape index (κ1) is 17.2. The van der Waals surface area contributed by atoms with Gasteiger partial charge in [-0.2, -0.15) is 5.10 Å². The van der Waals surface area contributed by atoms with Gasteiger partial charge in [-0.3, -0.25) is 9.58 Å². The molecule has 0 spiro atoms. The number of aromatic nitrogens is 2. The van der Waals surface area contributed by atoms with Crippen molar-refractivity contribution in [2.75, 3.05) is 19.6 Å². The molecule has 0 radical (unpaired) electrons. The molecule has 1 unspecified atom stereocenters. The molecule has 0 saturated heterocycles. The molecule has 0 fully saturated rings. The SMILES string of the molecule is CCCn1nccc1C(NCC)C(C)(C)N(CC)CC. The van der Waals surface area contributed by atoms with Crippen molar-refractivity contribution in [2.24, 2.45) is 0 Å². The van der Waals surface area contributed by atoms with E-state index in [1.807, 2.05) is 6.20 Å². The summed E-state index contributed by atoms with van der Waals surface area (Å²) in [6, 6.07) is 2.45. The quantitative estimate of drug-likeness (QED) is 0.754. The molecule has 1 aromatic heterocycles. The smallest absolute Gasteiger partial charge is 0.0673 e. The lowest BCUT2D eigenvalue weighted by atomic mass is 9.89. The zero-order valence-corrected chi connectivity index (χ0v) is 14.1. The van der Waals surface area contributed by atoms with Crippen molar-refractivity contribution in [3.8, 4) is 0 Å². The molecule has 0 saturated carbocycles. The van der Waals surface area contributed by atoms with E-state index in [4.69, 9.17) is 0 Å². The van der Waals surface area contributed by atoms with Crippen LogP contribution < -0.4 is 5.32 Å². The van der Waals surface area contributed by atoms with Crippen molar-refractivity contribution in [1.29, 1.82) is 0 Å². The first-order chi connectivity index (χ1) is 9.52. The summed E-state index contributed by atoms with van der Waals surface area (Å²) in [6.45, 7) is 17.6. The number of hydrogen-bond donors (Lipinski definition) is 1. The second kappa shape index (κ2) is 7.79. The summed E-state index contributed by atoms with van der Waals surface area (Å²) < 4.78 is 2.15. The molecule has 1 heterocycles. The lowest BCUT2D eigenvalue weighted by Crippen LogP contribution is -2.53. The van der Waals surface area contributed by atoms with Crippen LogP contribution in [0.2, 0.25) is 0 Å². The number of nitrogens with one attached hydrogen (secondary N) is 1. The fourth-order valence-electron chi connectivity index (χ4n) is 3.13. The monoisotopic (exact) mass is 280 g/mol. The van der Waals surface area contributed by atoms with Crippen molar-refractivity contribution in [1.82, 2.24) is 20.0 Å². The average Bonchev–Trinajstić information content (AvgIpc) is 2.85. The molecule has 0 bridgehead atoms. The molecular formula is C16H32N4. The third-order valence-corrected chi connectivity index (χ3v) is 4.17. The van der Waals surface area contributed by atoms with Crippen molar-refractivity contribution in [3.63, 3.8) is 0 Å². The van der Waals surface area contributed by atoms with Gasteiger partial charge in [-0.15, -0.1) is 0 Å². The highest BCUT2D eigenvalue weighted by Gasteiger charge is 2.36.